The van der Waals surface area contributed by atoms with Crippen LogP contribution in [0.1, 0.15) is 35.7 Å². The zero-order chi connectivity index (χ0) is 15.6. The van der Waals surface area contributed by atoms with Crippen LogP contribution in [0.2, 0.25) is 0 Å². The lowest BCUT2D eigenvalue weighted by molar-refractivity contribution is -0.171. The lowest BCUT2D eigenvalue weighted by Crippen LogP contribution is -2.43. The van der Waals surface area contributed by atoms with Crippen molar-refractivity contribution in [2.45, 2.75) is 32.4 Å². The maximum Gasteiger partial charge on any atom is 0.391 e. The van der Waals surface area contributed by atoms with E-state index in [0.717, 1.165) is 11.8 Å². The monoisotopic (exact) mass is 299 g/mol. The number of imide groups is 1. The third-order valence-corrected chi connectivity index (χ3v) is 3.71. The highest BCUT2D eigenvalue weighted by Crippen LogP contribution is 2.29. The van der Waals surface area contributed by atoms with Crippen LogP contribution in [0, 0.1) is 5.92 Å². The maximum atomic E-state index is 12.4. The number of benzene rings is 1. The molecule has 3 nitrogen and oxygen atoms in total. The standard InChI is InChI=1S/C15H16F3NO2/c1-10(15(16,17)18)5-4-8-19-13(20)9-11-6-2-3-7-12(11)14(19)21/h2-3,6-7,10H,4-5,8-9H2,1H3. The quantitative estimate of drug-likeness (QED) is 0.801. The zero-order valence-corrected chi connectivity index (χ0v) is 11.6. The number of fused-ring (bicyclic) bond motifs is 1. The van der Waals surface area contributed by atoms with E-state index in [4.69, 9.17) is 0 Å². The normalized spacial score (nSPS) is 16.9. The summed E-state index contributed by atoms with van der Waals surface area (Å²) < 4.78 is 37.3. The second-order valence-corrected chi connectivity index (χ2v) is 5.27. The van der Waals surface area contributed by atoms with E-state index in [2.05, 4.69) is 0 Å². The highest BCUT2D eigenvalue weighted by Gasteiger charge is 2.36. The molecule has 21 heavy (non-hydrogen) atoms. The minimum atomic E-state index is -4.23. The van der Waals surface area contributed by atoms with Crippen LogP contribution in [0.25, 0.3) is 0 Å². The van der Waals surface area contributed by atoms with Crippen LogP contribution >= 0.6 is 0 Å². The first kappa shape index (κ1) is 15.5. The number of alkyl halides is 3. The molecule has 1 heterocycles. The first-order chi connectivity index (χ1) is 9.80. The Morgan fingerprint density at radius 3 is 2.57 bits per heavy atom. The van der Waals surface area contributed by atoms with Gasteiger partial charge in [-0.05, 0) is 24.5 Å². The number of hydrogen-bond acceptors (Lipinski definition) is 2. The van der Waals surface area contributed by atoms with Crippen molar-refractivity contribution < 1.29 is 22.8 Å². The fraction of sp³-hybridized carbons (Fsp3) is 0.467. The largest absolute Gasteiger partial charge is 0.391 e. The Morgan fingerprint density at radius 2 is 1.90 bits per heavy atom. The highest BCUT2D eigenvalue weighted by molar-refractivity contribution is 6.09. The van der Waals surface area contributed by atoms with Gasteiger partial charge in [-0.1, -0.05) is 25.1 Å². The molecule has 0 aliphatic carbocycles. The number of rotatable bonds is 4. The molecule has 0 spiro atoms. The molecule has 6 heteroatoms. The van der Waals surface area contributed by atoms with E-state index in [1.165, 1.54) is 0 Å². The van der Waals surface area contributed by atoms with E-state index in [1.54, 1.807) is 24.3 Å². The fourth-order valence-electron chi connectivity index (χ4n) is 2.35. The van der Waals surface area contributed by atoms with Crippen molar-refractivity contribution in [3.63, 3.8) is 0 Å². The van der Waals surface area contributed by atoms with Gasteiger partial charge in [0.2, 0.25) is 5.91 Å². The van der Waals surface area contributed by atoms with Gasteiger partial charge in [0.05, 0.1) is 12.3 Å². The van der Waals surface area contributed by atoms with E-state index in [0.29, 0.717) is 11.1 Å². The molecule has 1 aromatic rings. The van der Waals surface area contributed by atoms with Gasteiger partial charge in [0, 0.05) is 12.1 Å². The summed E-state index contributed by atoms with van der Waals surface area (Å²) in [4.78, 5) is 25.2. The van der Waals surface area contributed by atoms with Crippen molar-refractivity contribution in [2.24, 2.45) is 5.92 Å². The van der Waals surface area contributed by atoms with Crippen LogP contribution in [0.5, 0.6) is 0 Å². The third-order valence-electron chi connectivity index (χ3n) is 3.71. The minimum absolute atomic E-state index is 0.0341. The van der Waals surface area contributed by atoms with Crippen molar-refractivity contribution in [1.29, 1.82) is 0 Å². The van der Waals surface area contributed by atoms with Gasteiger partial charge in [0.15, 0.2) is 0 Å². The molecular weight excluding hydrogens is 283 g/mol. The van der Waals surface area contributed by atoms with Gasteiger partial charge in [-0.3, -0.25) is 14.5 Å². The van der Waals surface area contributed by atoms with Gasteiger partial charge in [0.25, 0.3) is 5.91 Å². The van der Waals surface area contributed by atoms with E-state index in [1.807, 2.05) is 0 Å². The van der Waals surface area contributed by atoms with Gasteiger partial charge in [-0.2, -0.15) is 13.2 Å². The average molecular weight is 299 g/mol. The summed E-state index contributed by atoms with van der Waals surface area (Å²) in [6, 6.07) is 6.81. The molecule has 0 radical (unpaired) electrons. The molecule has 1 unspecified atom stereocenters. The lowest BCUT2D eigenvalue weighted by Gasteiger charge is -2.27. The second-order valence-electron chi connectivity index (χ2n) is 5.27. The molecule has 1 aliphatic rings. The molecule has 0 bridgehead atoms. The van der Waals surface area contributed by atoms with Crippen molar-refractivity contribution in [1.82, 2.24) is 4.90 Å². The summed E-state index contributed by atoms with van der Waals surface area (Å²) in [5, 5.41) is 0. The van der Waals surface area contributed by atoms with Crippen LogP contribution < -0.4 is 0 Å². The molecule has 0 N–H and O–H groups in total. The minimum Gasteiger partial charge on any atom is -0.278 e. The van der Waals surface area contributed by atoms with Crippen LogP contribution in [0.3, 0.4) is 0 Å². The van der Waals surface area contributed by atoms with Gasteiger partial charge in [-0.25, -0.2) is 0 Å². The predicted molar refractivity (Wildman–Crippen MR) is 70.6 cm³/mol. The van der Waals surface area contributed by atoms with Gasteiger partial charge in [0.1, 0.15) is 0 Å². The van der Waals surface area contributed by atoms with E-state index in [-0.39, 0.29) is 31.7 Å². The molecule has 0 fully saturated rings. The van der Waals surface area contributed by atoms with Crippen molar-refractivity contribution in [2.75, 3.05) is 6.54 Å². The number of amides is 2. The number of hydrogen-bond donors (Lipinski definition) is 0. The Bertz CT molecular complexity index is 554. The van der Waals surface area contributed by atoms with Gasteiger partial charge < -0.3 is 0 Å². The number of carbonyl (C=O) groups excluding carboxylic acids is 2. The van der Waals surface area contributed by atoms with Crippen LogP contribution in [-0.4, -0.2) is 29.4 Å². The number of carbonyl (C=O) groups is 2. The van der Waals surface area contributed by atoms with E-state index >= 15 is 0 Å². The Morgan fingerprint density at radius 1 is 1.24 bits per heavy atom. The Kier molecular flexibility index (Phi) is 4.34. The summed E-state index contributed by atoms with van der Waals surface area (Å²) >= 11 is 0. The smallest absolute Gasteiger partial charge is 0.278 e. The van der Waals surface area contributed by atoms with Crippen LogP contribution in [0.15, 0.2) is 24.3 Å². The fourth-order valence-corrected chi connectivity index (χ4v) is 2.35. The molecule has 2 rings (SSSR count). The Balaban J connectivity index is 1.99. The molecule has 1 aliphatic heterocycles. The second kappa shape index (κ2) is 5.87. The summed E-state index contributed by atoms with van der Waals surface area (Å²) in [5.74, 6) is -2.19. The molecule has 0 saturated heterocycles. The van der Waals surface area contributed by atoms with Crippen molar-refractivity contribution >= 4 is 11.8 Å². The number of halogens is 3. The molecule has 2 amide bonds. The van der Waals surface area contributed by atoms with Crippen LogP contribution in [-0.2, 0) is 11.2 Å². The molecule has 114 valence electrons. The van der Waals surface area contributed by atoms with Crippen LogP contribution in [0.4, 0.5) is 13.2 Å². The molecular formula is C15H16F3NO2. The lowest BCUT2D eigenvalue weighted by atomic mass is 9.98. The maximum absolute atomic E-state index is 12.4. The Hall–Kier alpha value is -1.85. The van der Waals surface area contributed by atoms with E-state index < -0.39 is 18.0 Å². The summed E-state index contributed by atoms with van der Waals surface area (Å²) in [5.41, 5.74) is 1.13. The SMILES string of the molecule is CC(CCCN1C(=O)Cc2ccccc2C1=O)C(F)(F)F. The topological polar surface area (TPSA) is 37.4 Å². The Labute approximate surface area is 120 Å². The molecule has 0 saturated carbocycles. The van der Waals surface area contributed by atoms with E-state index in [9.17, 15) is 22.8 Å². The highest BCUT2D eigenvalue weighted by atomic mass is 19.4. The van der Waals surface area contributed by atoms with Gasteiger partial charge in [-0.15, -0.1) is 0 Å². The van der Waals surface area contributed by atoms with Crippen molar-refractivity contribution in [3.8, 4) is 0 Å². The first-order valence-electron chi connectivity index (χ1n) is 6.80. The number of nitrogens with zero attached hydrogens (tertiary/aromatic N) is 1. The summed E-state index contributed by atoms with van der Waals surface area (Å²) in [6.07, 6.45) is -4.05. The van der Waals surface area contributed by atoms with Gasteiger partial charge >= 0.3 is 6.18 Å². The zero-order valence-electron chi connectivity index (χ0n) is 11.6. The summed E-state index contributed by atoms with van der Waals surface area (Å²) in [6.45, 7) is 1.14. The summed E-state index contributed by atoms with van der Waals surface area (Å²) in [7, 11) is 0. The van der Waals surface area contributed by atoms with Crippen molar-refractivity contribution in [3.05, 3.63) is 35.4 Å². The average Bonchev–Trinajstić information content (AvgIpc) is 2.41. The predicted octanol–water partition coefficient (Wildman–Crippen LogP) is 3.19. The molecule has 1 aromatic carbocycles. The molecule has 1 atom stereocenters. The third kappa shape index (κ3) is 3.43. The first-order valence-corrected chi connectivity index (χ1v) is 6.80. The molecule has 0 aromatic heterocycles.